The minimum absolute atomic E-state index is 0.619. The Balaban J connectivity index is 1.08. The van der Waals surface area contributed by atoms with E-state index < -0.39 is 0 Å². The fourth-order valence-electron chi connectivity index (χ4n) is 8.31. The Hall–Kier alpha value is -7.69. The van der Waals surface area contributed by atoms with Gasteiger partial charge in [-0.05, 0) is 101 Å². The van der Waals surface area contributed by atoms with E-state index in [1.54, 1.807) is 0 Å². The molecule has 0 amide bonds. The van der Waals surface area contributed by atoms with Crippen LogP contribution in [0.25, 0.3) is 83.1 Å². The number of aromatic nitrogens is 2. The summed E-state index contributed by atoms with van der Waals surface area (Å²) in [5, 5.41) is 4.62. The third kappa shape index (κ3) is 5.66. The molecular weight excluding hydrogens is 695 g/mol. The molecule has 0 saturated carbocycles. The number of hydrogen-bond acceptors (Lipinski definition) is 3. The lowest BCUT2D eigenvalue weighted by Gasteiger charge is -2.26. The lowest BCUT2D eigenvalue weighted by atomic mass is 9.99. The number of nitrogens with zero attached hydrogens (tertiary/aromatic N) is 3. The summed E-state index contributed by atoms with van der Waals surface area (Å²) in [7, 11) is 0. The number of benzene rings is 9. The summed E-state index contributed by atoms with van der Waals surface area (Å²) in [6.07, 6.45) is 0. The van der Waals surface area contributed by atoms with Crippen LogP contribution >= 0.6 is 0 Å². The highest BCUT2D eigenvalue weighted by Gasteiger charge is 2.20. The fourth-order valence-corrected chi connectivity index (χ4v) is 8.31. The van der Waals surface area contributed by atoms with Crippen molar-refractivity contribution in [2.24, 2.45) is 0 Å². The van der Waals surface area contributed by atoms with Gasteiger partial charge in [0.1, 0.15) is 5.52 Å². The first-order chi connectivity index (χ1) is 28.3. The van der Waals surface area contributed by atoms with Gasteiger partial charge in [0.2, 0.25) is 5.89 Å². The van der Waals surface area contributed by atoms with Crippen molar-refractivity contribution in [3.63, 3.8) is 0 Å². The average molecular weight is 730 g/mol. The highest BCUT2D eigenvalue weighted by Crippen LogP contribution is 2.43. The Morgan fingerprint density at radius 1 is 0.404 bits per heavy atom. The van der Waals surface area contributed by atoms with Crippen molar-refractivity contribution in [3.05, 3.63) is 212 Å². The first-order valence-electron chi connectivity index (χ1n) is 19.3. The van der Waals surface area contributed by atoms with Gasteiger partial charge in [-0.15, -0.1) is 0 Å². The van der Waals surface area contributed by atoms with Crippen molar-refractivity contribution in [2.45, 2.75) is 0 Å². The van der Waals surface area contributed by atoms with E-state index in [-0.39, 0.29) is 0 Å². The molecular formula is C53H35N3O. The number of oxazole rings is 1. The average Bonchev–Trinajstić information content (AvgIpc) is 3.88. The fraction of sp³-hybridized carbons (Fsp3) is 0. The summed E-state index contributed by atoms with van der Waals surface area (Å²) < 4.78 is 8.97. The molecule has 4 nitrogen and oxygen atoms in total. The molecule has 0 aliphatic carbocycles. The highest BCUT2D eigenvalue weighted by atomic mass is 16.3. The van der Waals surface area contributed by atoms with Crippen LogP contribution in [-0.2, 0) is 0 Å². The minimum atomic E-state index is 0.619. The monoisotopic (exact) mass is 729 g/mol. The molecule has 0 atom stereocenters. The Bertz CT molecular complexity index is 3220. The van der Waals surface area contributed by atoms with Crippen LogP contribution in [0.15, 0.2) is 217 Å². The molecule has 0 bridgehead atoms. The molecule has 57 heavy (non-hydrogen) atoms. The molecule has 9 aromatic carbocycles. The van der Waals surface area contributed by atoms with Gasteiger partial charge in [0.05, 0.1) is 11.0 Å². The summed E-state index contributed by atoms with van der Waals surface area (Å²) in [6, 6.07) is 75.2. The second kappa shape index (κ2) is 13.6. The van der Waals surface area contributed by atoms with E-state index in [0.717, 1.165) is 66.9 Å². The molecule has 0 saturated heterocycles. The molecule has 2 aromatic heterocycles. The van der Waals surface area contributed by atoms with E-state index in [2.05, 4.69) is 191 Å². The molecule has 2 heterocycles. The topological polar surface area (TPSA) is 34.2 Å². The number of para-hydroxylation sites is 2. The Labute approximate surface area is 330 Å². The number of fused-ring (bicyclic) bond motifs is 6. The highest BCUT2D eigenvalue weighted by molar-refractivity contribution is 6.12. The number of hydrogen-bond donors (Lipinski definition) is 0. The van der Waals surface area contributed by atoms with E-state index in [0.29, 0.717) is 5.89 Å². The molecule has 0 radical (unpaired) electrons. The van der Waals surface area contributed by atoms with Gasteiger partial charge in [-0.2, -0.15) is 0 Å². The predicted octanol–water partition coefficient (Wildman–Crippen LogP) is 14.5. The van der Waals surface area contributed by atoms with Crippen LogP contribution in [0.4, 0.5) is 17.1 Å². The summed E-state index contributed by atoms with van der Waals surface area (Å²) in [5.74, 6) is 0.619. The van der Waals surface area contributed by atoms with Gasteiger partial charge in [0.15, 0.2) is 5.58 Å². The summed E-state index contributed by atoms with van der Waals surface area (Å²) in [5.41, 5.74) is 13.7. The standard InChI is InChI=1S/C53H35N3O/c1-4-15-36(16-5-1)39-20-14-23-43(33-39)55(44-31-32-50-48(35-44)46-25-12-13-26-49(46)56(50)41-21-8-3-9-22-41)42-29-27-37(28-30-42)47-34-40-19-10-11-24-45(40)51-52(47)57-53(54-51)38-17-6-2-7-18-38/h1-35H. The number of anilines is 3. The second-order valence-electron chi connectivity index (χ2n) is 14.4. The molecule has 0 spiro atoms. The van der Waals surface area contributed by atoms with Crippen LogP contribution in [0.3, 0.4) is 0 Å². The van der Waals surface area contributed by atoms with E-state index in [4.69, 9.17) is 9.40 Å². The van der Waals surface area contributed by atoms with Crippen molar-refractivity contribution in [1.29, 1.82) is 0 Å². The quantitative estimate of drug-likeness (QED) is 0.164. The zero-order valence-corrected chi connectivity index (χ0v) is 31.0. The van der Waals surface area contributed by atoms with Gasteiger partial charge in [-0.1, -0.05) is 133 Å². The molecule has 11 aromatic rings. The molecule has 11 rings (SSSR count). The maximum Gasteiger partial charge on any atom is 0.227 e. The van der Waals surface area contributed by atoms with Gasteiger partial charge < -0.3 is 13.9 Å². The molecule has 0 fully saturated rings. The maximum atomic E-state index is 6.61. The first-order valence-corrected chi connectivity index (χ1v) is 19.3. The van der Waals surface area contributed by atoms with Gasteiger partial charge in [-0.25, -0.2) is 4.98 Å². The van der Waals surface area contributed by atoms with Crippen molar-refractivity contribution in [2.75, 3.05) is 4.90 Å². The molecule has 268 valence electrons. The van der Waals surface area contributed by atoms with Crippen LogP contribution in [0.2, 0.25) is 0 Å². The summed E-state index contributed by atoms with van der Waals surface area (Å²) in [6.45, 7) is 0. The van der Waals surface area contributed by atoms with E-state index >= 15 is 0 Å². The van der Waals surface area contributed by atoms with E-state index in [1.807, 2.05) is 30.3 Å². The van der Waals surface area contributed by atoms with Crippen molar-refractivity contribution < 1.29 is 4.42 Å². The smallest absolute Gasteiger partial charge is 0.227 e. The van der Waals surface area contributed by atoms with Gasteiger partial charge in [-0.3, -0.25) is 0 Å². The maximum absolute atomic E-state index is 6.61. The van der Waals surface area contributed by atoms with Gasteiger partial charge in [0.25, 0.3) is 0 Å². The Kier molecular flexibility index (Phi) is 7.78. The number of rotatable bonds is 7. The van der Waals surface area contributed by atoms with E-state index in [1.165, 1.54) is 27.4 Å². The van der Waals surface area contributed by atoms with Crippen molar-refractivity contribution in [3.8, 4) is 39.4 Å². The van der Waals surface area contributed by atoms with Crippen molar-refractivity contribution >= 4 is 60.7 Å². The minimum Gasteiger partial charge on any atom is -0.435 e. The molecule has 4 heteroatoms. The molecule has 0 N–H and O–H groups in total. The van der Waals surface area contributed by atoms with Gasteiger partial charge in [0, 0.05) is 50.0 Å². The largest absolute Gasteiger partial charge is 0.435 e. The van der Waals surface area contributed by atoms with Crippen LogP contribution in [0.5, 0.6) is 0 Å². The molecule has 0 unspecified atom stereocenters. The zero-order valence-electron chi connectivity index (χ0n) is 31.0. The van der Waals surface area contributed by atoms with E-state index in [9.17, 15) is 0 Å². The Morgan fingerprint density at radius 2 is 1.02 bits per heavy atom. The zero-order chi connectivity index (χ0) is 37.7. The second-order valence-corrected chi connectivity index (χ2v) is 14.4. The Morgan fingerprint density at radius 3 is 1.81 bits per heavy atom. The van der Waals surface area contributed by atoms with Gasteiger partial charge >= 0.3 is 0 Å². The van der Waals surface area contributed by atoms with Crippen molar-refractivity contribution in [1.82, 2.24) is 9.55 Å². The first kappa shape index (κ1) is 32.7. The third-order valence-electron chi connectivity index (χ3n) is 11.0. The third-order valence-corrected chi connectivity index (χ3v) is 11.0. The van der Waals surface area contributed by atoms with Crippen LogP contribution in [0, 0.1) is 0 Å². The lowest BCUT2D eigenvalue weighted by molar-refractivity contribution is 0.621. The summed E-state index contributed by atoms with van der Waals surface area (Å²) >= 11 is 0. The lowest BCUT2D eigenvalue weighted by Crippen LogP contribution is -2.10. The predicted molar refractivity (Wildman–Crippen MR) is 237 cm³/mol. The molecule has 0 aliphatic heterocycles. The normalized spacial score (nSPS) is 11.5. The molecule has 0 aliphatic rings. The van der Waals surface area contributed by atoms with Crippen LogP contribution < -0.4 is 4.90 Å². The summed E-state index contributed by atoms with van der Waals surface area (Å²) in [4.78, 5) is 7.41. The van der Waals surface area contributed by atoms with Crippen LogP contribution in [-0.4, -0.2) is 9.55 Å². The SMILES string of the molecule is c1ccc(-c2cccc(N(c3ccc(-c4cc5ccccc5c5nc(-c6ccccc6)oc45)cc3)c3ccc4c(c3)c3ccccc3n4-c3ccccc3)c2)cc1. The van der Waals surface area contributed by atoms with Crippen LogP contribution in [0.1, 0.15) is 0 Å².